The monoisotopic (exact) mass is 352 g/mol. The first-order valence-corrected chi connectivity index (χ1v) is 8.25. The lowest BCUT2D eigenvalue weighted by molar-refractivity contribution is 0.107. The van der Waals surface area contributed by atoms with Gasteiger partial charge in [0.05, 0.1) is 0 Å². The number of benzene rings is 2. The molecule has 25 heavy (non-hydrogen) atoms. The zero-order chi connectivity index (χ0) is 17.3. The molecular weight excluding hydrogens is 336 g/mol. The highest BCUT2D eigenvalue weighted by atomic mass is 35.5. The molecule has 5 heteroatoms. The minimum absolute atomic E-state index is 0.337. The SMILES string of the molecule is Clc1ccc(OCCON=C(c2ccccc2)c2ccncc2)cc1. The van der Waals surface area contributed by atoms with Crippen LogP contribution in [0.3, 0.4) is 0 Å². The van der Waals surface area contributed by atoms with Crippen molar-refractivity contribution in [2.24, 2.45) is 5.16 Å². The van der Waals surface area contributed by atoms with Crippen molar-refractivity contribution in [1.29, 1.82) is 0 Å². The van der Waals surface area contributed by atoms with Crippen LogP contribution in [0, 0.1) is 0 Å². The molecule has 0 aliphatic carbocycles. The summed E-state index contributed by atoms with van der Waals surface area (Å²) in [5, 5.41) is 4.98. The number of hydrogen-bond donors (Lipinski definition) is 0. The molecule has 3 aromatic rings. The lowest BCUT2D eigenvalue weighted by atomic mass is 10.0. The van der Waals surface area contributed by atoms with E-state index in [1.807, 2.05) is 54.6 Å². The van der Waals surface area contributed by atoms with Crippen LogP contribution < -0.4 is 4.74 Å². The predicted molar refractivity (Wildman–Crippen MR) is 99.2 cm³/mol. The maximum atomic E-state index is 5.84. The highest BCUT2D eigenvalue weighted by molar-refractivity contribution is 6.30. The second-order valence-corrected chi connectivity index (χ2v) is 5.61. The summed E-state index contributed by atoms with van der Waals surface area (Å²) >= 11 is 5.84. The fourth-order valence-corrected chi connectivity index (χ4v) is 2.34. The Morgan fingerprint density at radius 3 is 2.24 bits per heavy atom. The largest absolute Gasteiger partial charge is 0.490 e. The first-order valence-electron chi connectivity index (χ1n) is 7.87. The van der Waals surface area contributed by atoms with Gasteiger partial charge in [-0.2, -0.15) is 0 Å². The number of oxime groups is 1. The summed E-state index contributed by atoms with van der Waals surface area (Å²) in [7, 11) is 0. The highest BCUT2D eigenvalue weighted by Crippen LogP contribution is 2.15. The van der Waals surface area contributed by atoms with Crippen molar-refractivity contribution in [3.05, 3.63) is 95.3 Å². The van der Waals surface area contributed by atoms with Crippen LogP contribution in [0.4, 0.5) is 0 Å². The number of ether oxygens (including phenoxy) is 1. The molecular formula is C20H17ClN2O2. The van der Waals surface area contributed by atoms with Gasteiger partial charge in [0.2, 0.25) is 0 Å². The summed E-state index contributed by atoms with van der Waals surface area (Å²) in [5.74, 6) is 0.745. The Balaban J connectivity index is 1.62. The van der Waals surface area contributed by atoms with E-state index in [4.69, 9.17) is 21.2 Å². The highest BCUT2D eigenvalue weighted by Gasteiger charge is 2.07. The molecule has 0 radical (unpaired) electrons. The molecule has 0 aliphatic heterocycles. The van der Waals surface area contributed by atoms with E-state index < -0.39 is 0 Å². The van der Waals surface area contributed by atoms with Crippen LogP contribution in [-0.2, 0) is 4.84 Å². The number of halogens is 1. The molecule has 3 rings (SSSR count). The molecule has 1 aromatic heterocycles. The van der Waals surface area contributed by atoms with Gasteiger partial charge in [0.1, 0.15) is 18.1 Å². The van der Waals surface area contributed by atoms with E-state index in [0.717, 1.165) is 22.6 Å². The van der Waals surface area contributed by atoms with Gasteiger partial charge in [-0.25, -0.2) is 0 Å². The smallest absolute Gasteiger partial charge is 0.151 e. The number of rotatable bonds is 7. The van der Waals surface area contributed by atoms with Crippen LogP contribution in [0.1, 0.15) is 11.1 Å². The summed E-state index contributed by atoms with van der Waals surface area (Å²) in [6, 6.07) is 20.9. The predicted octanol–water partition coefficient (Wildman–Crippen LogP) is 4.58. The Labute approximate surface area is 151 Å². The number of pyridine rings is 1. The van der Waals surface area contributed by atoms with Crippen molar-refractivity contribution < 1.29 is 9.57 Å². The van der Waals surface area contributed by atoms with Crippen LogP contribution in [0.15, 0.2) is 84.3 Å². The molecule has 0 saturated carbocycles. The van der Waals surface area contributed by atoms with Crippen LogP contribution >= 0.6 is 11.6 Å². The standard InChI is InChI=1S/C20H17ClN2O2/c21-18-6-8-19(9-7-18)24-14-15-25-23-20(16-4-2-1-3-5-16)17-10-12-22-13-11-17/h1-13H,14-15H2. The third-order valence-corrected chi connectivity index (χ3v) is 3.67. The second kappa shape index (κ2) is 8.85. The van der Waals surface area contributed by atoms with E-state index in [1.54, 1.807) is 24.5 Å². The molecule has 0 spiro atoms. The lowest BCUT2D eigenvalue weighted by Crippen LogP contribution is -2.08. The Hall–Kier alpha value is -2.85. The van der Waals surface area contributed by atoms with Gasteiger partial charge < -0.3 is 9.57 Å². The number of nitrogens with zero attached hydrogens (tertiary/aromatic N) is 2. The molecule has 0 fully saturated rings. The van der Waals surface area contributed by atoms with E-state index in [-0.39, 0.29) is 0 Å². The quantitative estimate of drug-likeness (QED) is 0.355. The molecule has 0 amide bonds. The third kappa shape index (κ3) is 5.06. The Bertz CT molecular complexity index is 765. The maximum absolute atomic E-state index is 5.84. The van der Waals surface area contributed by atoms with E-state index in [9.17, 15) is 0 Å². The molecule has 1 heterocycles. The molecule has 0 saturated heterocycles. The first kappa shape index (κ1) is 17.0. The third-order valence-electron chi connectivity index (χ3n) is 3.41. The maximum Gasteiger partial charge on any atom is 0.151 e. The van der Waals surface area contributed by atoms with Crippen LogP contribution in [-0.4, -0.2) is 23.9 Å². The zero-order valence-electron chi connectivity index (χ0n) is 13.5. The van der Waals surface area contributed by atoms with Crippen LogP contribution in [0.2, 0.25) is 5.02 Å². The van der Waals surface area contributed by atoms with E-state index in [0.29, 0.717) is 18.2 Å². The Morgan fingerprint density at radius 1 is 0.840 bits per heavy atom. The molecule has 126 valence electrons. The van der Waals surface area contributed by atoms with E-state index in [1.165, 1.54) is 0 Å². The zero-order valence-corrected chi connectivity index (χ0v) is 14.3. The van der Waals surface area contributed by atoms with Crippen molar-refractivity contribution >= 4 is 17.3 Å². The summed E-state index contributed by atoms with van der Waals surface area (Å²) in [6.45, 7) is 0.730. The fraction of sp³-hybridized carbons (Fsp3) is 0.100. The summed E-state index contributed by atoms with van der Waals surface area (Å²) in [6.07, 6.45) is 3.47. The molecule has 0 atom stereocenters. The number of hydrogen-bond acceptors (Lipinski definition) is 4. The molecule has 2 aromatic carbocycles. The average molecular weight is 353 g/mol. The first-order chi connectivity index (χ1) is 12.3. The van der Waals surface area contributed by atoms with Crippen LogP contribution in [0.25, 0.3) is 0 Å². The molecule has 0 bridgehead atoms. The van der Waals surface area contributed by atoms with Crippen molar-refractivity contribution in [2.75, 3.05) is 13.2 Å². The Kier molecular flexibility index (Phi) is 6.01. The lowest BCUT2D eigenvalue weighted by Gasteiger charge is -2.08. The molecule has 4 nitrogen and oxygen atoms in total. The van der Waals surface area contributed by atoms with Gasteiger partial charge in [0.25, 0.3) is 0 Å². The van der Waals surface area contributed by atoms with Crippen molar-refractivity contribution in [3.63, 3.8) is 0 Å². The topological polar surface area (TPSA) is 43.7 Å². The minimum atomic E-state index is 0.337. The van der Waals surface area contributed by atoms with E-state index >= 15 is 0 Å². The Morgan fingerprint density at radius 2 is 1.52 bits per heavy atom. The minimum Gasteiger partial charge on any atom is -0.490 e. The number of aromatic nitrogens is 1. The van der Waals surface area contributed by atoms with Gasteiger partial charge >= 0.3 is 0 Å². The normalized spacial score (nSPS) is 11.2. The van der Waals surface area contributed by atoms with Gasteiger partial charge in [-0.15, -0.1) is 0 Å². The molecule has 0 aliphatic rings. The van der Waals surface area contributed by atoms with Crippen molar-refractivity contribution in [3.8, 4) is 5.75 Å². The summed E-state index contributed by atoms with van der Waals surface area (Å²) in [4.78, 5) is 9.51. The van der Waals surface area contributed by atoms with Gasteiger partial charge in [-0.05, 0) is 36.4 Å². The molecule has 0 N–H and O–H groups in total. The van der Waals surface area contributed by atoms with Gasteiger partial charge in [0, 0.05) is 28.5 Å². The van der Waals surface area contributed by atoms with Gasteiger partial charge in [-0.1, -0.05) is 47.1 Å². The van der Waals surface area contributed by atoms with Gasteiger partial charge in [-0.3, -0.25) is 4.98 Å². The molecule has 0 unspecified atom stereocenters. The average Bonchev–Trinajstić information content (AvgIpc) is 2.67. The van der Waals surface area contributed by atoms with Gasteiger partial charge in [0.15, 0.2) is 6.61 Å². The summed E-state index contributed by atoms with van der Waals surface area (Å²) < 4.78 is 5.59. The second-order valence-electron chi connectivity index (χ2n) is 5.18. The van der Waals surface area contributed by atoms with E-state index in [2.05, 4.69) is 10.1 Å². The van der Waals surface area contributed by atoms with Crippen LogP contribution in [0.5, 0.6) is 5.75 Å². The van der Waals surface area contributed by atoms with Crippen molar-refractivity contribution in [1.82, 2.24) is 4.98 Å². The fourth-order valence-electron chi connectivity index (χ4n) is 2.22. The summed E-state index contributed by atoms with van der Waals surface area (Å²) in [5.41, 5.74) is 2.68. The van der Waals surface area contributed by atoms with Crippen molar-refractivity contribution in [2.45, 2.75) is 0 Å².